The standard InChI is InChI=1S/C15H30N2O3/c1-9-10(2)11(12(18)20-15(6,7)8)16-13(19)17-14(3,4)5/h10-11H,9H2,1-8H3,(H2,16,17,19)/t10-,11-/m0/s1. The van der Waals surface area contributed by atoms with Crippen molar-refractivity contribution in [3.05, 3.63) is 0 Å². The van der Waals surface area contributed by atoms with Gasteiger partial charge in [-0.15, -0.1) is 0 Å². The summed E-state index contributed by atoms with van der Waals surface area (Å²) in [5.41, 5.74) is -0.914. The van der Waals surface area contributed by atoms with Crippen molar-refractivity contribution in [1.82, 2.24) is 10.6 Å². The minimum atomic E-state index is -0.637. The van der Waals surface area contributed by atoms with Gasteiger partial charge in [-0.2, -0.15) is 0 Å². The van der Waals surface area contributed by atoms with Crippen LogP contribution < -0.4 is 10.6 Å². The van der Waals surface area contributed by atoms with Gasteiger partial charge in [0.15, 0.2) is 0 Å². The van der Waals surface area contributed by atoms with Gasteiger partial charge >= 0.3 is 12.0 Å². The predicted molar refractivity (Wildman–Crippen MR) is 80.5 cm³/mol. The number of carbonyl (C=O) groups is 2. The molecule has 118 valence electrons. The maximum absolute atomic E-state index is 12.2. The van der Waals surface area contributed by atoms with E-state index < -0.39 is 17.6 Å². The number of amides is 2. The molecule has 0 rings (SSSR count). The maximum Gasteiger partial charge on any atom is 0.329 e. The molecule has 5 heteroatoms. The lowest BCUT2D eigenvalue weighted by atomic mass is 9.99. The van der Waals surface area contributed by atoms with Gasteiger partial charge in [0.05, 0.1) is 0 Å². The molecule has 20 heavy (non-hydrogen) atoms. The first-order chi connectivity index (χ1) is 8.85. The highest BCUT2D eigenvalue weighted by Gasteiger charge is 2.31. The number of urea groups is 1. The second kappa shape index (κ2) is 6.95. The van der Waals surface area contributed by atoms with E-state index in [0.717, 1.165) is 6.42 Å². The SMILES string of the molecule is CC[C@H](C)[C@H](NC(=O)NC(C)(C)C)C(=O)OC(C)(C)C. The van der Waals surface area contributed by atoms with E-state index in [4.69, 9.17) is 4.74 Å². The minimum absolute atomic E-state index is 0.00979. The largest absolute Gasteiger partial charge is 0.458 e. The smallest absolute Gasteiger partial charge is 0.329 e. The molecule has 0 unspecified atom stereocenters. The Morgan fingerprint density at radius 3 is 1.95 bits per heavy atom. The molecular formula is C15H30N2O3. The number of hydrogen-bond acceptors (Lipinski definition) is 3. The fraction of sp³-hybridized carbons (Fsp3) is 0.867. The molecule has 2 atom stereocenters. The highest BCUT2D eigenvalue weighted by atomic mass is 16.6. The van der Waals surface area contributed by atoms with E-state index in [0.29, 0.717) is 0 Å². The maximum atomic E-state index is 12.2. The van der Waals surface area contributed by atoms with Crippen LogP contribution in [0.1, 0.15) is 61.8 Å². The van der Waals surface area contributed by atoms with Crippen LogP contribution in [0.3, 0.4) is 0 Å². The third-order valence-corrected chi connectivity index (χ3v) is 2.65. The highest BCUT2D eigenvalue weighted by molar-refractivity contribution is 5.84. The number of rotatable bonds is 4. The molecule has 0 aromatic heterocycles. The van der Waals surface area contributed by atoms with Crippen LogP contribution in [0.4, 0.5) is 4.79 Å². The van der Waals surface area contributed by atoms with Crippen molar-refractivity contribution in [3.63, 3.8) is 0 Å². The minimum Gasteiger partial charge on any atom is -0.458 e. The fourth-order valence-electron chi connectivity index (χ4n) is 1.55. The molecule has 0 saturated carbocycles. The van der Waals surface area contributed by atoms with E-state index in [-0.39, 0.29) is 17.5 Å². The summed E-state index contributed by atoms with van der Waals surface area (Å²) >= 11 is 0. The van der Waals surface area contributed by atoms with E-state index in [1.807, 2.05) is 55.4 Å². The first-order valence-electron chi connectivity index (χ1n) is 7.17. The van der Waals surface area contributed by atoms with Crippen molar-refractivity contribution in [1.29, 1.82) is 0 Å². The zero-order chi connectivity index (χ0) is 16.1. The molecule has 2 N–H and O–H groups in total. The van der Waals surface area contributed by atoms with E-state index in [2.05, 4.69) is 10.6 Å². The summed E-state index contributed by atoms with van der Waals surface area (Å²) in [5, 5.41) is 5.51. The van der Waals surface area contributed by atoms with Crippen LogP contribution in [0.15, 0.2) is 0 Å². The molecule has 0 aromatic rings. The number of ether oxygens (including phenoxy) is 1. The van der Waals surface area contributed by atoms with E-state index in [1.165, 1.54) is 0 Å². The van der Waals surface area contributed by atoms with E-state index in [9.17, 15) is 9.59 Å². The van der Waals surface area contributed by atoms with Gasteiger partial charge in [0.25, 0.3) is 0 Å². The van der Waals surface area contributed by atoms with Crippen molar-refractivity contribution in [2.45, 2.75) is 79.0 Å². The monoisotopic (exact) mass is 286 g/mol. The van der Waals surface area contributed by atoms with Crippen LogP contribution >= 0.6 is 0 Å². The number of hydrogen-bond donors (Lipinski definition) is 2. The van der Waals surface area contributed by atoms with Crippen LogP contribution in [0.5, 0.6) is 0 Å². The lowest BCUT2D eigenvalue weighted by Crippen LogP contribution is -2.54. The molecule has 0 bridgehead atoms. The molecule has 0 spiro atoms. The topological polar surface area (TPSA) is 67.4 Å². The van der Waals surface area contributed by atoms with Gasteiger partial charge in [-0.25, -0.2) is 9.59 Å². The van der Waals surface area contributed by atoms with Gasteiger partial charge in [0, 0.05) is 5.54 Å². The molecule has 0 saturated heterocycles. The predicted octanol–water partition coefficient (Wildman–Crippen LogP) is 2.84. The van der Waals surface area contributed by atoms with Crippen LogP contribution in [0, 0.1) is 5.92 Å². The van der Waals surface area contributed by atoms with Gasteiger partial charge in [0.1, 0.15) is 11.6 Å². The van der Waals surface area contributed by atoms with Gasteiger partial charge in [-0.3, -0.25) is 0 Å². The third kappa shape index (κ3) is 8.02. The highest BCUT2D eigenvalue weighted by Crippen LogP contribution is 2.15. The van der Waals surface area contributed by atoms with Crippen molar-refractivity contribution in [3.8, 4) is 0 Å². The normalized spacial score (nSPS) is 15.2. The molecule has 0 aliphatic carbocycles. The van der Waals surface area contributed by atoms with Gasteiger partial charge < -0.3 is 15.4 Å². The summed E-state index contributed by atoms with van der Waals surface area (Å²) in [6, 6.07) is -0.991. The Labute approximate surface area is 122 Å². The van der Waals surface area contributed by atoms with Crippen LogP contribution in [-0.4, -0.2) is 29.2 Å². The second-order valence-electron chi connectivity index (χ2n) is 7.25. The molecule has 0 aliphatic heterocycles. The second-order valence-corrected chi connectivity index (χ2v) is 7.25. The third-order valence-electron chi connectivity index (χ3n) is 2.65. The molecular weight excluding hydrogens is 256 g/mol. The van der Waals surface area contributed by atoms with Gasteiger partial charge in [0.2, 0.25) is 0 Å². The van der Waals surface area contributed by atoms with Crippen molar-refractivity contribution >= 4 is 12.0 Å². The summed E-state index contributed by atoms with van der Waals surface area (Å²) in [7, 11) is 0. The average molecular weight is 286 g/mol. The molecule has 0 aliphatic rings. The summed E-state index contributed by atoms with van der Waals surface area (Å²) in [4.78, 5) is 24.1. The Balaban J connectivity index is 4.82. The van der Waals surface area contributed by atoms with Gasteiger partial charge in [-0.1, -0.05) is 20.3 Å². The quantitative estimate of drug-likeness (QED) is 0.781. The number of nitrogens with one attached hydrogen (secondary N) is 2. The van der Waals surface area contributed by atoms with E-state index in [1.54, 1.807) is 0 Å². The summed E-state index contributed by atoms with van der Waals surface area (Å²) in [6.07, 6.45) is 0.777. The molecule has 2 amide bonds. The molecule has 0 fully saturated rings. The number of carbonyl (C=O) groups excluding carboxylic acids is 2. The van der Waals surface area contributed by atoms with Gasteiger partial charge in [-0.05, 0) is 47.5 Å². The average Bonchev–Trinajstić information content (AvgIpc) is 2.19. The van der Waals surface area contributed by atoms with E-state index >= 15 is 0 Å². The molecule has 0 heterocycles. The summed E-state index contributed by atoms with van der Waals surface area (Å²) in [6.45, 7) is 15.0. The Kier molecular flexibility index (Phi) is 6.51. The lowest BCUT2D eigenvalue weighted by molar-refractivity contribution is -0.158. The lowest BCUT2D eigenvalue weighted by Gasteiger charge is -2.29. The zero-order valence-corrected chi connectivity index (χ0v) is 14.1. The van der Waals surface area contributed by atoms with Crippen molar-refractivity contribution in [2.75, 3.05) is 0 Å². The zero-order valence-electron chi connectivity index (χ0n) is 14.1. The molecule has 5 nitrogen and oxygen atoms in total. The Morgan fingerprint density at radius 2 is 1.60 bits per heavy atom. The van der Waals surface area contributed by atoms with Crippen LogP contribution in [0.25, 0.3) is 0 Å². The van der Waals surface area contributed by atoms with Crippen LogP contribution in [-0.2, 0) is 9.53 Å². The van der Waals surface area contributed by atoms with Crippen molar-refractivity contribution in [2.24, 2.45) is 5.92 Å². The first-order valence-corrected chi connectivity index (χ1v) is 7.17. The Bertz CT molecular complexity index is 340. The fourth-order valence-corrected chi connectivity index (χ4v) is 1.55. The Hall–Kier alpha value is -1.26. The first kappa shape index (κ1) is 18.7. The molecule has 0 aromatic carbocycles. The molecule has 0 radical (unpaired) electrons. The van der Waals surface area contributed by atoms with Crippen molar-refractivity contribution < 1.29 is 14.3 Å². The Morgan fingerprint density at radius 1 is 1.10 bits per heavy atom. The summed E-state index contributed by atoms with van der Waals surface area (Å²) < 4.78 is 5.37. The number of esters is 1. The summed E-state index contributed by atoms with van der Waals surface area (Å²) in [5.74, 6) is -0.383. The van der Waals surface area contributed by atoms with Crippen LogP contribution in [0.2, 0.25) is 0 Å².